The minimum absolute atomic E-state index is 0.0803. The number of hydrogen-bond acceptors (Lipinski definition) is 8. The highest BCUT2D eigenvalue weighted by molar-refractivity contribution is 5.95. The molecule has 2 saturated heterocycles. The van der Waals surface area contributed by atoms with Gasteiger partial charge in [0.1, 0.15) is 5.82 Å². The fourth-order valence-electron chi connectivity index (χ4n) is 3.68. The molecule has 2 aromatic rings. The number of hydrogen-bond donors (Lipinski definition) is 0. The molecule has 0 bridgehead atoms. The monoisotopic (exact) mass is 412 g/mol. The van der Waals surface area contributed by atoms with Crippen molar-refractivity contribution in [3.05, 3.63) is 51.7 Å². The van der Waals surface area contributed by atoms with Crippen LogP contribution in [-0.4, -0.2) is 78.2 Å². The number of nitro groups is 1. The van der Waals surface area contributed by atoms with Crippen LogP contribution < -0.4 is 9.80 Å². The lowest BCUT2D eigenvalue weighted by atomic mass is 10.1. The molecule has 0 radical (unpaired) electrons. The zero-order valence-electron chi connectivity index (χ0n) is 16.9. The van der Waals surface area contributed by atoms with Gasteiger partial charge in [-0.25, -0.2) is 4.98 Å². The summed E-state index contributed by atoms with van der Waals surface area (Å²) in [4.78, 5) is 38.6. The predicted molar refractivity (Wildman–Crippen MR) is 111 cm³/mol. The first kappa shape index (κ1) is 20.0. The minimum Gasteiger partial charge on any atom is -0.378 e. The van der Waals surface area contributed by atoms with Crippen LogP contribution in [0.1, 0.15) is 16.1 Å². The van der Waals surface area contributed by atoms with Crippen LogP contribution in [0.2, 0.25) is 0 Å². The Kier molecular flexibility index (Phi) is 5.75. The quantitative estimate of drug-likeness (QED) is 0.549. The van der Waals surface area contributed by atoms with Gasteiger partial charge >= 0.3 is 0 Å². The lowest BCUT2D eigenvalue weighted by molar-refractivity contribution is -0.384. The van der Waals surface area contributed by atoms with Crippen LogP contribution in [-0.2, 0) is 4.74 Å². The fraction of sp³-hybridized carbons (Fsp3) is 0.450. The second-order valence-corrected chi connectivity index (χ2v) is 7.35. The van der Waals surface area contributed by atoms with Gasteiger partial charge in [-0.05, 0) is 13.0 Å². The van der Waals surface area contributed by atoms with E-state index in [9.17, 15) is 14.9 Å². The van der Waals surface area contributed by atoms with Crippen molar-refractivity contribution >= 4 is 23.4 Å². The minimum atomic E-state index is -0.490. The first-order valence-corrected chi connectivity index (χ1v) is 9.98. The molecule has 1 amide bonds. The number of non-ortho nitro benzene ring substituents is 1. The summed E-state index contributed by atoms with van der Waals surface area (Å²) in [5.41, 5.74) is 1.15. The number of aryl methyl sites for hydroxylation is 1. The van der Waals surface area contributed by atoms with Crippen molar-refractivity contribution in [3.63, 3.8) is 0 Å². The number of carbonyl (C=O) groups excluding carboxylic acids is 1. The summed E-state index contributed by atoms with van der Waals surface area (Å²) < 4.78 is 5.42. The number of ether oxygens (including phenoxy) is 1. The number of rotatable bonds is 4. The Morgan fingerprint density at radius 3 is 2.47 bits per heavy atom. The van der Waals surface area contributed by atoms with E-state index in [0.29, 0.717) is 50.9 Å². The molecule has 2 aliphatic heterocycles. The lowest BCUT2D eigenvalue weighted by Gasteiger charge is -2.35. The van der Waals surface area contributed by atoms with Gasteiger partial charge in [0.2, 0.25) is 5.95 Å². The van der Waals surface area contributed by atoms with E-state index in [2.05, 4.69) is 14.8 Å². The van der Waals surface area contributed by atoms with Gasteiger partial charge in [0.25, 0.3) is 11.6 Å². The number of amides is 1. The van der Waals surface area contributed by atoms with Crippen LogP contribution in [0.15, 0.2) is 30.3 Å². The van der Waals surface area contributed by atoms with Crippen molar-refractivity contribution in [2.75, 3.05) is 62.3 Å². The fourth-order valence-corrected chi connectivity index (χ4v) is 3.68. The molecule has 1 aromatic carbocycles. The Bertz CT molecular complexity index is 939. The molecule has 2 fully saturated rings. The van der Waals surface area contributed by atoms with Crippen molar-refractivity contribution in [1.29, 1.82) is 0 Å². The molecule has 158 valence electrons. The van der Waals surface area contributed by atoms with Crippen LogP contribution in [0.3, 0.4) is 0 Å². The molecule has 3 heterocycles. The van der Waals surface area contributed by atoms with E-state index in [4.69, 9.17) is 9.72 Å². The highest BCUT2D eigenvalue weighted by atomic mass is 16.6. The number of nitrogens with zero attached hydrogens (tertiary/aromatic N) is 6. The van der Waals surface area contributed by atoms with Crippen molar-refractivity contribution in [2.24, 2.45) is 0 Å². The van der Waals surface area contributed by atoms with E-state index in [1.807, 2.05) is 13.0 Å². The third-order valence-electron chi connectivity index (χ3n) is 5.32. The van der Waals surface area contributed by atoms with Crippen LogP contribution in [0.25, 0.3) is 0 Å². The summed E-state index contributed by atoms with van der Waals surface area (Å²) in [5, 5.41) is 11.0. The second kappa shape index (κ2) is 8.62. The predicted octanol–water partition coefficient (Wildman–Crippen LogP) is 1.49. The molecule has 0 N–H and O–H groups in total. The standard InChI is InChI=1S/C20H24N6O4/c1-15-13-18(23-9-11-30-12-10-23)22-20(21-15)25-7-5-24(6-8-25)19(27)16-3-2-4-17(14-16)26(28)29/h2-4,13-14H,5-12H2,1H3. The van der Waals surface area contributed by atoms with E-state index in [1.54, 1.807) is 11.0 Å². The molecule has 0 saturated carbocycles. The van der Waals surface area contributed by atoms with E-state index in [-0.39, 0.29) is 11.6 Å². The summed E-state index contributed by atoms with van der Waals surface area (Å²) >= 11 is 0. The Morgan fingerprint density at radius 2 is 1.77 bits per heavy atom. The van der Waals surface area contributed by atoms with Gasteiger partial charge in [-0.15, -0.1) is 0 Å². The molecule has 4 rings (SSSR count). The van der Waals surface area contributed by atoms with Crippen molar-refractivity contribution < 1.29 is 14.5 Å². The molecular formula is C20H24N6O4. The average Bonchev–Trinajstić information content (AvgIpc) is 2.79. The number of nitro benzene ring substituents is 1. The zero-order chi connectivity index (χ0) is 21.1. The van der Waals surface area contributed by atoms with Crippen LogP contribution in [0.5, 0.6) is 0 Å². The van der Waals surface area contributed by atoms with Gasteiger partial charge < -0.3 is 19.4 Å². The Labute approximate surface area is 174 Å². The Morgan fingerprint density at radius 1 is 1.03 bits per heavy atom. The molecular weight excluding hydrogens is 388 g/mol. The molecule has 0 atom stereocenters. The van der Waals surface area contributed by atoms with E-state index in [0.717, 1.165) is 24.6 Å². The van der Waals surface area contributed by atoms with Gasteiger partial charge in [0.15, 0.2) is 0 Å². The molecule has 0 spiro atoms. The maximum Gasteiger partial charge on any atom is 0.270 e. The highest BCUT2D eigenvalue weighted by Gasteiger charge is 2.25. The molecule has 30 heavy (non-hydrogen) atoms. The number of aromatic nitrogens is 2. The topological polar surface area (TPSA) is 105 Å². The summed E-state index contributed by atoms with van der Waals surface area (Å²) in [7, 11) is 0. The van der Waals surface area contributed by atoms with Gasteiger partial charge in [-0.2, -0.15) is 4.98 Å². The summed E-state index contributed by atoms with van der Waals surface area (Å²) in [6.45, 7) is 7.17. The first-order chi connectivity index (χ1) is 14.5. The highest BCUT2D eigenvalue weighted by Crippen LogP contribution is 2.21. The Balaban J connectivity index is 1.43. The van der Waals surface area contributed by atoms with Crippen LogP contribution >= 0.6 is 0 Å². The third-order valence-corrected chi connectivity index (χ3v) is 5.32. The smallest absolute Gasteiger partial charge is 0.270 e. The summed E-state index contributed by atoms with van der Waals surface area (Å²) in [6.07, 6.45) is 0. The third kappa shape index (κ3) is 4.33. The first-order valence-electron chi connectivity index (χ1n) is 9.98. The molecule has 10 heteroatoms. The van der Waals surface area contributed by atoms with Crippen molar-refractivity contribution in [1.82, 2.24) is 14.9 Å². The van der Waals surface area contributed by atoms with E-state index < -0.39 is 4.92 Å². The number of anilines is 2. The molecule has 2 aliphatic rings. The average molecular weight is 412 g/mol. The van der Waals surface area contributed by atoms with Crippen LogP contribution in [0, 0.1) is 17.0 Å². The lowest BCUT2D eigenvalue weighted by Crippen LogP contribution is -2.49. The maximum absolute atomic E-state index is 12.8. The molecule has 1 aromatic heterocycles. The van der Waals surface area contributed by atoms with Gasteiger partial charge in [-0.3, -0.25) is 14.9 Å². The Hall–Kier alpha value is -3.27. The largest absolute Gasteiger partial charge is 0.378 e. The zero-order valence-corrected chi connectivity index (χ0v) is 16.9. The molecule has 0 aliphatic carbocycles. The van der Waals surface area contributed by atoms with Gasteiger partial charge in [0.05, 0.1) is 18.1 Å². The number of carbonyl (C=O) groups is 1. The number of piperazine rings is 1. The number of benzene rings is 1. The summed E-state index contributed by atoms with van der Waals surface area (Å²) in [6, 6.07) is 7.84. The number of morpholine rings is 1. The molecule has 0 unspecified atom stereocenters. The normalized spacial score (nSPS) is 17.2. The summed E-state index contributed by atoms with van der Waals surface area (Å²) in [5.74, 6) is 1.37. The maximum atomic E-state index is 12.8. The SMILES string of the molecule is Cc1cc(N2CCOCC2)nc(N2CCN(C(=O)c3cccc([N+](=O)[O-])c3)CC2)n1. The van der Waals surface area contributed by atoms with Gasteiger partial charge in [-0.1, -0.05) is 6.07 Å². The van der Waals surface area contributed by atoms with Crippen molar-refractivity contribution in [2.45, 2.75) is 6.92 Å². The van der Waals surface area contributed by atoms with Gasteiger partial charge in [0, 0.05) is 68.7 Å². The van der Waals surface area contributed by atoms with Crippen molar-refractivity contribution in [3.8, 4) is 0 Å². The second-order valence-electron chi connectivity index (χ2n) is 7.35. The van der Waals surface area contributed by atoms with E-state index in [1.165, 1.54) is 18.2 Å². The van der Waals surface area contributed by atoms with Crippen LogP contribution in [0.4, 0.5) is 17.5 Å². The molecule has 10 nitrogen and oxygen atoms in total. The van der Waals surface area contributed by atoms with E-state index >= 15 is 0 Å².